The van der Waals surface area contributed by atoms with Crippen LogP contribution in [0, 0.1) is 5.92 Å². The Labute approximate surface area is 128 Å². The molecule has 1 aromatic rings. The lowest BCUT2D eigenvalue weighted by atomic mass is 10.1. The highest BCUT2D eigenvalue weighted by Crippen LogP contribution is 2.08. The lowest BCUT2D eigenvalue weighted by molar-refractivity contribution is 0.513. The normalized spacial score (nSPS) is 12.5. The number of hydrogen-bond acceptors (Lipinski definition) is 4. The van der Waals surface area contributed by atoms with Crippen molar-refractivity contribution in [2.45, 2.75) is 58.0 Å². The summed E-state index contributed by atoms with van der Waals surface area (Å²) in [6, 6.07) is 0.462. The van der Waals surface area contributed by atoms with Crippen molar-refractivity contribution in [3.05, 3.63) is 12.4 Å². The molecule has 0 bridgehead atoms. The maximum atomic E-state index is 12.1. The first-order valence-electron chi connectivity index (χ1n) is 7.56. The summed E-state index contributed by atoms with van der Waals surface area (Å²) in [6.07, 6.45) is 4.75. The van der Waals surface area contributed by atoms with Gasteiger partial charge in [-0.3, -0.25) is 4.68 Å². The van der Waals surface area contributed by atoms with Gasteiger partial charge in [0.05, 0.1) is 6.20 Å². The van der Waals surface area contributed by atoms with Crippen LogP contribution >= 0.6 is 0 Å². The Kier molecular flexibility index (Phi) is 7.34. The van der Waals surface area contributed by atoms with Crippen molar-refractivity contribution >= 4 is 10.0 Å². The van der Waals surface area contributed by atoms with Gasteiger partial charge in [-0.15, -0.1) is 0 Å². The lowest BCUT2D eigenvalue weighted by Crippen LogP contribution is -2.25. The summed E-state index contributed by atoms with van der Waals surface area (Å²) in [5.74, 6) is 0.476. The van der Waals surface area contributed by atoms with Gasteiger partial charge in [-0.25, -0.2) is 13.1 Å². The molecule has 0 aliphatic heterocycles. The third kappa shape index (κ3) is 7.06. The molecule has 7 heteroatoms. The monoisotopic (exact) mass is 316 g/mol. The summed E-state index contributed by atoms with van der Waals surface area (Å²) >= 11 is 0. The highest BCUT2D eigenvalue weighted by atomic mass is 32.2. The van der Waals surface area contributed by atoms with Crippen LogP contribution in [0.15, 0.2) is 17.3 Å². The first-order chi connectivity index (χ1) is 9.81. The first kappa shape index (κ1) is 18.1. The molecule has 0 amide bonds. The number of rotatable bonds is 10. The number of sulfonamides is 1. The summed E-state index contributed by atoms with van der Waals surface area (Å²) in [5, 5.41) is 7.43. The van der Waals surface area contributed by atoms with Crippen LogP contribution in [0.5, 0.6) is 0 Å². The molecular weight excluding hydrogens is 288 g/mol. The fraction of sp³-hybridized carbons (Fsp3) is 0.786. The second kappa shape index (κ2) is 8.51. The Balaban J connectivity index is 2.45. The molecule has 0 aromatic carbocycles. The van der Waals surface area contributed by atoms with Crippen molar-refractivity contribution in [3.8, 4) is 0 Å². The molecule has 1 rings (SSSR count). The van der Waals surface area contributed by atoms with Crippen LogP contribution in [0.2, 0.25) is 0 Å². The van der Waals surface area contributed by atoms with Gasteiger partial charge in [0, 0.05) is 25.3 Å². The molecule has 0 fully saturated rings. The Hall–Kier alpha value is -0.920. The van der Waals surface area contributed by atoms with Crippen LogP contribution < -0.4 is 10.0 Å². The Morgan fingerprint density at radius 2 is 1.95 bits per heavy atom. The van der Waals surface area contributed by atoms with Crippen LogP contribution in [-0.2, 0) is 16.6 Å². The van der Waals surface area contributed by atoms with E-state index in [0.717, 1.165) is 19.4 Å². The van der Waals surface area contributed by atoms with E-state index in [9.17, 15) is 8.42 Å². The number of nitrogens with zero attached hydrogens (tertiary/aromatic N) is 2. The Morgan fingerprint density at radius 3 is 2.57 bits per heavy atom. The van der Waals surface area contributed by atoms with E-state index in [1.165, 1.54) is 6.20 Å². The summed E-state index contributed by atoms with van der Waals surface area (Å²) in [4.78, 5) is 0.239. The summed E-state index contributed by atoms with van der Waals surface area (Å²) in [5.41, 5.74) is 0. The highest BCUT2D eigenvalue weighted by molar-refractivity contribution is 7.89. The van der Waals surface area contributed by atoms with Crippen molar-refractivity contribution in [3.63, 3.8) is 0 Å². The van der Waals surface area contributed by atoms with Crippen molar-refractivity contribution in [2.24, 2.45) is 5.92 Å². The van der Waals surface area contributed by atoms with Gasteiger partial charge >= 0.3 is 0 Å². The lowest BCUT2D eigenvalue weighted by Gasteiger charge is -2.07. The van der Waals surface area contributed by atoms with Gasteiger partial charge in [-0.2, -0.15) is 5.10 Å². The average molecular weight is 316 g/mol. The van der Waals surface area contributed by atoms with Crippen molar-refractivity contribution in [2.75, 3.05) is 13.1 Å². The molecule has 6 nitrogen and oxygen atoms in total. The average Bonchev–Trinajstić information content (AvgIpc) is 2.83. The molecule has 0 saturated carbocycles. The van der Waals surface area contributed by atoms with Gasteiger partial charge < -0.3 is 5.32 Å². The third-order valence-corrected chi connectivity index (χ3v) is 4.47. The van der Waals surface area contributed by atoms with E-state index in [2.05, 4.69) is 42.8 Å². The predicted octanol–water partition coefficient (Wildman–Crippen LogP) is 1.60. The van der Waals surface area contributed by atoms with Crippen molar-refractivity contribution in [1.82, 2.24) is 19.8 Å². The summed E-state index contributed by atoms with van der Waals surface area (Å²) in [7, 11) is -3.43. The molecule has 2 N–H and O–H groups in total. The Bertz CT molecular complexity index is 509. The first-order valence-corrected chi connectivity index (χ1v) is 9.05. The molecule has 0 atom stereocenters. The molecule has 0 aliphatic rings. The van der Waals surface area contributed by atoms with E-state index in [1.54, 1.807) is 10.9 Å². The van der Waals surface area contributed by atoms with E-state index in [1.807, 2.05) is 0 Å². The van der Waals surface area contributed by atoms with Crippen molar-refractivity contribution in [1.29, 1.82) is 0 Å². The van der Waals surface area contributed by atoms with Crippen LogP contribution in [0.25, 0.3) is 0 Å². The smallest absolute Gasteiger partial charge is 0.243 e. The quantitative estimate of drug-likeness (QED) is 0.643. The molecule has 21 heavy (non-hydrogen) atoms. The minimum atomic E-state index is -3.43. The van der Waals surface area contributed by atoms with E-state index < -0.39 is 10.0 Å². The second-order valence-electron chi connectivity index (χ2n) is 5.98. The number of hydrogen-bond donors (Lipinski definition) is 2. The zero-order chi connectivity index (χ0) is 15.9. The number of aromatic nitrogens is 2. The third-order valence-electron chi connectivity index (χ3n) is 3.05. The van der Waals surface area contributed by atoms with Crippen LogP contribution in [0.1, 0.15) is 40.5 Å². The van der Waals surface area contributed by atoms with E-state index in [4.69, 9.17) is 0 Å². The Morgan fingerprint density at radius 1 is 1.24 bits per heavy atom. The fourth-order valence-electron chi connectivity index (χ4n) is 1.80. The van der Waals surface area contributed by atoms with Gasteiger partial charge in [-0.1, -0.05) is 27.7 Å². The largest absolute Gasteiger partial charge is 0.314 e. The minimum absolute atomic E-state index is 0.239. The number of aryl methyl sites for hydroxylation is 1. The van der Waals surface area contributed by atoms with Gasteiger partial charge in [0.15, 0.2) is 0 Å². The molecule has 0 radical (unpaired) electrons. The molecule has 122 valence electrons. The molecule has 0 spiro atoms. The minimum Gasteiger partial charge on any atom is -0.314 e. The van der Waals surface area contributed by atoms with Gasteiger partial charge in [0.25, 0.3) is 0 Å². The highest BCUT2D eigenvalue weighted by Gasteiger charge is 2.15. The zero-order valence-corrected chi connectivity index (χ0v) is 14.3. The van der Waals surface area contributed by atoms with Gasteiger partial charge in [0.1, 0.15) is 4.90 Å². The maximum Gasteiger partial charge on any atom is 0.243 e. The zero-order valence-electron chi connectivity index (χ0n) is 13.5. The van der Waals surface area contributed by atoms with Crippen molar-refractivity contribution < 1.29 is 8.42 Å². The molecule has 0 saturated heterocycles. The molecule has 1 aromatic heterocycles. The summed E-state index contributed by atoms with van der Waals surface area (Å²) in [6.45, 7) is 10.4. The SMILES string of the molecule is CC(C)CCNS(=O)(=O)c1cnn(CCCNC(C)C)c1. The fourth-order valence-corrected chi connectivity index (χ4v) is 2.80. The van der Waals surface area contributed by atoms with E-state index in [0.29, 0.717) is 25.0 Å². The van der Waals surface area contributed by atoms with Crippen LogP contribution in [0.4, 0.5) is 0 Å². The predicted molar refractivity (Wildman–Crippen MR) is 84.6 cm³/mol. The van der Waals surface area contributed by atoms with Gasteiger partial charge in [-0.05, 0) is 25.3 Å². The van der Waals surface area contributed by atoms with Crippen LogP contribution in [-0.4, -0.2) is 37.3 Å². The number of nitrogens with one attached hydrogen (secondary N) is 2. The van der Waals surface area contributed by atoms with Gasteiger partial charge in [0.2, 0.25) is 10.0 Å². The second-order valence-corrected chi connectivity index (χ2v) is 7.75. The molecule has 0 aliphatic carbocycles. The molecule has 1 heterocycles. The van der Waals surface area contributed by atoms with Crippen LogP contribution in [0.3, 0.4) is 0 Å². The van der Waals surface area contributed by atoms with E-state index in [-0.39, 0.29) is 4.90 Å². The maximum absolute atomic E-state index is 12.1. The standard InChI is InChI=1S/C14H28N4O2S/c1-12(2)6-8-17-21(19,20)14-10-16-18(11-14)9-5-7-15-13(3)4/h10-13,15,17H,5-9H2,1-4H3. The topological polar surface area (TPSA) is 76.0 Å². The molecule has 0 unspecified atom stereocenters. The molecular formula is C14H28N4O2S. The van der Waals surface area contributed by atoms with E-state index >= 15 is 0 Å². The summed E-state index contributed by atoms with van der Waals surface area (Å²) < 4.78 is 28.4.